The van der Waals surface area contributed by atoms with Gasteiger partial charge in [0.25, 0.3) is 0 Å². The van der Waals surface area contributed by atoms with E-state index < -0.39 is 5.97 Å². The van der Waals surface area contributed by atoms with Crippen LogP contribution in [0.25, 0.3) is 0 Å². The zero-order valence-electron chi connectivity index (χ0n) is 10.8. The molecule has 2 aliphatic heterocycles. The molecule has 0 bridgehead atoms. The highest BCUT2D eigenvalue weighted by atomic mass is 16.4. The molecule has 4 N–H and O–H groups in total. The molecule has 2 heterocycles. The van der Waals surface area contributed by atoms with E-state index in [9.17, 15) is 9.90 Å². The molecule has 2 unspecified atom stereocenters. The predicted molar refractivity (Wildman–Crippen MR) is 74.4 cm³/mol. The number of hydrogen-bond acceptors (Lipinski definition) is 4. The molecule has 2 aliphatic rings. The van der Waals surface area contributed by atoms with Gasteiger partial charge >= 0.3 is 5.97 Å². The van der Waals surface area contributed by atoms with Crippen LogP contribution in [0.15, 0.2) is 18.2 Å². The third kappa shape index (κ3) is 2.26. The number of carbonyl (C=O) groups is 1. The Bertz CT molecular complexity index is 503. The van der Waals surface area contributed by atoms with Crippen LogP contribution >= 0.6 is 0 Å². The minimum Gasteiger partial charge on any atom is -0.478 e. The molecule has 3 rings (SSSR count). The van der Waals surface area contributed by atoms with Crippen LogP contribution in [0.2, 0.25) is 0 Å². The van der Waals surface area contributed by atoms with E-state index in [-0.39, 0.29) is 5.56 Å². The number of nitrogens with one attached hydrogen (secondary N) is 1. The van der Waals surface area contributed by atoms with Gasteiger partial charge < -0.3 is 16.2 Å². The highest BCUT2D eigenvalue weighted by Crippen LogP contribution is 2.31. The first-order valence-electron chi connectivity index (χ1n) is 6.78. The summed E-state index contributed by atoms with van der Waals surface area (Å²) in [6.45, 7) is 2.29. The van der Waals surface area contributed by atoms with Crippen LogP contribution < -0.4 is 11.1 Å². The minimum absolute atomic E-state index is 0.261. The van der Waals surface area contributed by atoms with Crippen molar-refractivity contribution in [2.75, 3.05) is 24.1 Å². The molecule has 0 aliphatic carbocycles. The Morgan fingerprint density at radius 1 is 1.37 bits per heavy atom. The molecule has 0 radical (unpaired) electrons. The number of nitrogens with zero attached hydrogens (tertiary/aromatic N) is 1. The van der Waals surface area contributed by atoms with Gasteiger partial charge in [-0.15, -0.1) is 0 Å². The zero-order valence-corrected chi connectivity index (χ0v) is 10.8. The summed E-state index contributed by atoms with van der Waals surface area (Å²) in [5.41, 5.74) is 7.08. The molecule has 0 saturated carbocycles. The van der Waals surface area contributed by atoms with Gasteiger partial charge in [-0.2, -0.15) is 0 Å². The number of anilines is 2. The maximum Gasteiger partial charge on any atom is 0.337 e. The number of rotatable bonds is 3. The molecule has 2 saturated heterocycles. The lowest BCUT2D eigenvalue weighted by Crippen LogP contribution is -2.34. The van der Waals surface area contributed by atoms with Crippen molar-refractivity contribution in [3.8, 4) is 0 Å². The number of aromatic carboxylic acids is 1. The maximum atomic E-state index is 11.3. The van der Waals surface area contributed by atoms with Crippen LogP contribution in [0.1, 0.15) is 29.6 Å². The van der Waals surface area contributed by atoms with Crippen molar-refractivity contribution in [2.24, 2.45) is 0 Å². The monoisotopic (exact) mass is 261 g/mol. The average Bonchev–Trinajstić information content (AvgIpc) is 2.96. The van der Waals surface area contributed by atoms with Crippen LogP contribution in [0.4, 0.5) is 11.4 Å². The van der Waals surface area contributed by atoms with Gasteiger partial charge in [0.05, 0.1) is 5.56 Å². The summed E-state index contributed by atoms with van der Waals surface area (Å²) < 4.78 is 0. The van der Waals surface area contributed by atoms with Crippen molar-refractivity contribution in [3.05, 3.63) is 23.8 Å². The van der Waals surface area contributed by atoms with E-state index in [4.69, 9.17) is 5.73 Å². The van der Waals surface area contributed by atoms with Crippen LogP contribution in [0.5, 0.6) is 0 Å². The van der Waals surface area contributed by atoms with Gasteiger partial charge in [-0.25, -0.2) is 4.79 Å². The standard InChI is InChI=1S/C14H19N3O2/c15-9-3-4-11(10(8-9)14(18)19)16-12-5-7-17-6-1-2-13(12)17/h3-4,8,12-13,16H,1-2,5-7,15H2,(H,18,19). The number of benzene rings is 1. The summed E-state index contributed by atoms with van der Waals surface area (Å²) >= 11 is 0. The third-order valence-corrected chi connectivity index (χ3v) is 4.22. The molecule has 2 fully saturated rings. The van der Waals surface area contributed by atoms with Gasteiger partial charge in [0.15, 0.2) is 0 Å². The van der Waals surface area contributed by atoms with E-state index in [0.717, 1.165) is 13.0 Å². The van der Waals surface area contributed by atoms with E-state index in [2.05, 4.69) is 10.2 Å². The number of carboxylic acid groups (broad SMARTS) is 1. The average molecular weight is 261 g/mol. The summed E-state index contributed by atoms with van der Waals surface area (Å²) in [4.78, 5) is 13.8. The highest BCUT2D eigenvalue weighted by molar-refractivity contribution is 5.95. The molecule has 0 amide bonds. The molecule has 0 aromatic heterocycles. The van der Waals surface area contributed by atoms with Crippen molar-refractivity contribution in [1.29, 1.82) is 0 Å². The Balaban J connectivity index is 1.81. The maximum absolute atomic E-state index is 11.3. The van der Waals surface area contributed by atoms with Crippen LogP contribution in [-0.2, 0) is 0 Å². The molecule has 102 valence electrons. The van der Waals surface area contributed by atoms with Gasteiger partial charge in [0, 0.05) is 30.0 Å². The van der Waals surface area contributed by atoms with Gasteiger partial charge in [0.1, 0.15) is 0 Å². The highest BCUT2D eigenvalue weighted by Gasteiger charge is 2.37. The normalized spacial score (nSPS) is 26.3. The minimum atomic E-state index is -0.934. The molecular formula is C14H19N3O2. The van der Waals surface area contributed by atoms with E-state index in [1.165, 1.54) is 25.5 Å². The lowest BCUT2D eigenvalue weighted by Gasteiger charge is -2.23. The summed E-state index contributed by atoms with van der Waals surface area (Å²) in [6, 6.07) is 5.95. The fourth-order valence-corrected chi connectivity index (χ4v) is 3.32. The van der Waals surface area contributed by atoms with Gasteiger partial charge in [-0.1, -0.05) is 0 Å². The Kier molecular flexibility index (Phi) is 3.06. The number of fused-ring (bicyclic) bond motifs is 1. The second-order valence-corrected chi connectivity index (χ2v) is 5.40. The fraction of sp³-hybridized carbons (Fsp3) is 0.500. The largest absolute Gasteiger partial charge is 0.478 e. The van der Waals surface area contributed by atoms with Gasteiger partial charge in [-0.05, 0) is 44.0 Å². The second kappa shape index (κ2) is 4.74. The summed E-state index contributed by atoms with van der Waals surface area (Å²) in [6.07, 6.45) is 3.53. The molecule has 1 aromatic carbocycles. The quantitative estimate of drug-likeness (QED) is 0.721. The number of nitrogens with two attached hydrogens (primary N) is 1. The lowest BCUT2D eigenvalue weighted by atomic mass is 10.0. The van der Waals surface area contributed by atoms with Crippen LogP contribution in [-0.4, -0.2) is 41.1 Å². The van der Waals surface area contributed by atoms with Gasteiger partial charge in [-0.3, -0.25) is 4.90 Å². The number of nitrogen functional groups attached to an aromatic ring is 1. The zero-order chi connectivity index (χ0) is 13.4. The van der Waals surface area contributed by atoms with Crippen molar-refractivity contribution in [3.63, 3.8) is 0 Å². The molecule has 0 spiro atoms. The van der Waals surface area contributed by atoms with E-state index in [1.807, 2.05) is 0 Å². The van der Waals surface area contributed by atoms with Crippen LogP contribution in [0, 0.1) is 0 Å². The van der Waals surface area contributed by atoms with Gasteiger partial charge in [0.2, 0.25) is 0 Å². The van der Waals surface area contributed by atoms with E-state index in [1.54, 1.807) is 12.1 Å². The van der Waals surface area contributed by atoms with E-state index >= 15 is 0 Å². The molecule has 5 nitrogen and oxygen atoms in total. The Labute approximate surface area is 112 Å². The molecule has 1 aromatic rings. The fourth-order valence-electron chi connectivity index (χ4n) is 3.32. The Morgan fingerprint density at radius 3 is 3.00 bits per heavy atom. The smallest absolute Gasteiger partial charge is 0.337 e. The van der Waals surface area contributed by atoms with Crippen molar-refractivity contribution < 1.29 is 9.90 Å². The number of carboxylic acids is 1. The topological polar surface area (TPSA) is 78.6 Å². The molecular weight excluding hydrogens is 242 g/mol. The first-order chi connectivity index (χ1) is 9.15. The predicted octanol–water partition coefficient (Wildman–Crippen LogP) is 1.62. The second-order valence-electron chi connectivity index (χ2n) is 5.40. The van der Waals surface area contributed by atoms with E-state index in [0.29, 0.717) is 23.5 Å². The van der Waals surface area contributed by atoms with Crippen molar-refractivity contribution in [1.82, 2.24) is 4.90 Å². The van der Waals surface area contributed by atoms with Crippen molar-refractivity contribution in [2.45, 2.75) is 31.3 Å². The number of hydrogen-bond donors (Lipinski definition) is 3. The third-order valence-electron chi connectivity index (χ3n) is 4.22. The summed E-state index contributed by atoms with van der Waals surface area (Å²) in [5, 5.41) is 12.7. The first-order valence-corrected chi connectivity index (χ1v) is 6.78. The van der Waals surface area contributed by atoms with Crippen LogP contribution in [0.3, 0.4) is 0 Å². The lowest BCUT2D eigenvalue weighted by molar-refractivity contribution is 0.0698. The summed E-state index contributed by atoms with van der Waals surface area (Å²) in [5.74, 6) is -0.934. The summed E-state index contributed by atoms with van der Waals surface area (Å²) in [7, 11) is 0. The Hall–Kier alpha value is -1.75. The SMILES string of the molecule is Nc1ccc(NC2CCN3CCCC23)c(C(=O)O)c1. The van der Waals surface area contributed by atoms with Crippen molar-refractivity contribution >= 4 is 17.3 Å². The molecule has 2 atom stereocenters. The molecule has 19 heavy (non-hydrogen) atoms. The molecule has 5 heteroatoms. The Morgan fingerprint density at radius 2 is 2.21 bits per heavy atom. The first kappa shape index (κ1) is 12.3.